The van der Waals surface area contributed by atoms with Gasteiger partial charge < -0.3 is 14.8 Å². The first kappa shape index (κ1) is 15.8. The van der Waals surface area contributed by atoms with Crippen LogP contribution in [0.3, 0.4) is 0 Å². The average molecular weight is 295 g/mol. The second-order valence-corrected chi connectivity index (χ2v) is 8.26. The number of nitrogens with one attached hydrogen (secondary N) is 1. The molecule has 5 unspecified atom stereocenters. The molecule has 0 amide bonds. The van der Waals surface area contributed by atoms with Gasteiger partial charge in [0.2, 0.25) is 0 Å². The van der Waals surface area contributed by atoms with E-state index in [0.29, 0.717) is 29.1 Å². The lowest BCUT2D eigenvalue weighted by Gasteiger charge is -2.39. The number of ether oxygens (including phenoxy) is 2. The molecule has 122 valence electrons. The van der Waals surface area contributed by atoms with Crippen molar-refractivity contribution in [3.63, 3.8) is 0 Å². The minimum Gasteiger partial charge on any atom is -0.377 e. The van der Waals surface area contributed by atoms with Gasteiger partial charge in [0.05, 0.1) is 18.8 Å². The lowest BCUT2D eigenvalue weighted by atomic mass is 9.70. The van der Waals surface area contributed by atoms with E-state index in [1.54, 1.807) is 0 Å². The fraction of sp³-hybridized carbons (Fsp3) is 1.00. The molecule has 2 saturated carbocycles. The molecule has 1 heterocycles. The van der Waals surface area contributed by atoms with E-state index in [9.17, 15) is 0 Å². The van der Waals surface area contributed by atoms with Gasteiger partial charge in [-0.05, 0) is 55.8 Å². The smallest absolute Gasteiger partial charge is 0.0726 e. The molecular formula is C18H33NO2. The van der Waals surface area contributed by atoms with Crippen molar-refractivity contribution in [1.29, 1.82) is 0 Å². The molecule has 3 heteroatoms. The molecular weight excluding hydrogens is 262 g/mol. The average Bonchev–Trinajstić information content (AvgIpc) is 3.09. The zero-order chi connectivity index (χ0) is 15.1. The Labute approximate surface area is 130 Å². The van der Waals surface area contributed by atoms with Crippen molar-refractivity contribution in [2.24, 2.45) is 16.7 Å². The second-order valence-electron chi connectivity index (χ2n) is 8.26. The normalized spacial score (nSPS) is 42.6. The van der Waals surface area contributed by atoms with Gasteiger partial charge in [0.25, 0.3) is 0 Å². The van der Waals surface area contributed by atoms with Gasteiger partial charge in [0, 0.05) is 19.2 Å². The summed E-state index contributed by atoms with van der Waals surface area (Å²) in [6, 6.07) is 0.447. The quantitative estimate of drug-likeness (QED) is 0.762. The van der Waals surface area contributed by atoms with Crippen LogP contribution >= 0.6 is 0 Å². The summed E-state index contributed by atoms with van der Waals surface area (Å²) in [6.45, 7) is 12.3. The van der Waals surface area contributed by atoms with E-state index in [2.05, 4.69) is 33.0 Å². The van der Waals surface area contributed by atoms with Crippen LogP contribution < -0.4 is 5.32 Å². The first-order valence-corrected chi connectivity index (χ1v) is 8.92. The van der Waals surface area contributed by atoms with Crippen LogP contribution in [0, 0.1) is 16.7 Å². The van der Waals surface area contributed by atoms with E-state index < -0.39 is 0 Å². The Morgan fingerprint density at radius 1 is 1.29 bits per heavy atom. The summed E-state index contributed by atoms with van der Waals surface area (Å²) in [5.41, 5.74) is 0.841. The molecule has 0 spiro atoms. The number of hydrogen-bond acceptors (Lipinski definition) is 3. The Morgan fingerprint density at radius 3 is 2.67 bits per heavy atom. The van der Waals surface area contributed by atoms with Crippen LogP contribution in [0.15, 0.2) is 0 Å². The number of hydrogen-bond donors (Lipinski definition) is 1. The summed E-state index contributed by atoms with van der Waals surface area (Å²) >= 11 is 0. The van der Waals surface area contributed by atoms with Gasteiger partial charge in [-0.1, -0.05) is 20.8 Å². The fourth-order valence-electron chi connectivity index (χ4n) is 5.00. The third-order valence-corrected chi connectivity index (χ3v) is 7.12. The van der Waals surface area contributed by atoms with Crippen molar-refractivity contribution >= 4 is 0 Å². The minimum absolute atomic E-state index is 0.387. The highest BCUT2D eigenvalue weighted by Gasteiger charge is 2.61. The van der Waals surface area contributed by atoms with Crippen LogP contribution in [0.5, 0.6) is 0 Å². The summed E-state index contributed by atoms with van der Waals surface area (Å²) in [6.07, 6.45) is 7.29. The molecule has 0 aromatic rings. The summed E-state index contributed by atoms with van der Waals surface area (Å²) in [5.74, 6) is 0.867. The monoisotopic (exact) mass is 295 g/mol. The standard InChI is InChI=1S/C18H33NO2/c1-13(15-6-5-10-20-15)19-9-11-21-16-12-14-7-8-18(16,4)17(14,2)3/h13-16,19H,5-12H2,1-4H3. The zero-order valence-corrected chi connectivity index (χ0v) is 14.3. The Morgan fingerprint density at radius 2 is 2.10 bits per heavy atom. The highest BCUT2D eigenvalue weighted by Crippen LogP contribution is 2.66. The molecule has 1 aliphatic heterocycles. The number of rotatable bonds is 6. The molecule has 5 atom stereocenters. The van der Waals surface area contributed by atoms with Crippen LogP contribution in [0.1, 0.15) is 59.8 Å². The topological polar surface area (TPSA) is 30.5 Å². The molecule has 3 nitrogen and oxygen atoms in total. The SMILES string of the molecule is CC(NCCOC1CC2CCC1(C)C2(C)C)C1CCCO1. The lowest BCUT2D eigenvalue weighted by molar-refractivity contribution is -0.0462. The van der Waals surface area contributed by atoms with Gasteiger partial charge in [-0.15, -0.1) is 0 Å². The van der Waals surface area contributed by atoms with Gasteiger partial charge in [0.1, 0.15) is 0 Å². The molecule has 1 saturated heterocycles. The van der Waals surface area contributed by atoms with Crippen molar-refractivity contribution in [2.45, 2.75) is 78.0 Å². The highest BCUT2D eigenvalue weighted by atomic mass is 16.5. The fourth-order valence-corrected chi connectivity index (χ4v) is 5.00. The molecule has 0 radical (unpaired) electrons. The maximum Gasteiger partial charge on any atom is 0.0726 e. The summed E-state index contributed by atoms with van der Waals surface area (Å²) in [4.78, 5) is 0. The van der Waals surface area contributed by atoms with E-state index in [1.807, 2.05) is 0 Å². The van der Waals surface area contributed by atoms with E-state index in [1.165, 1.54) is 32.1 Å². The van der Waals surface area contributed by atoms with Crippen molar-refractivity contribution in [2.75, 3.05) is 19.8 Å². The van der Waals surface area contributed by atoms with Crippen LogP contribution in [0.25, 0.3) is 0 Å². The first-order chi connectivity index (χ1) is 9.95. The van der Waals surface area contributed by atoms with Gasteiger partial charge in [-0.2, -0.15) is 0 Å². The van der Waals surface area contributed by atoms with E-state index in [0.717, 1.165) is 25.7 Å². The van der Waals surface area contributed by atoms with E-state index in [-0.39, 0.29) is 0 Å². The van der Waals surface area contributed by atoms with E-state index >= 15 is 0 Å². The van der Waals surface area contributed by atoms with Gasteiger partial charge >= 0.3 is 0 Å². The predicted octanol–water partition coefficient (Wildman–Crippen LogP) is 3.37. The highest BCUT2D eigenvalue weighted by molar-refractivity contribution is 5.11. The van der Waals surface area contributed by atoms with Gasteiger partial charge in [-0.25, -0.2) is 0 Å². The lowest BCUT2D eigenvalue weighted by Crippen LogP contribution is -2.41. The Bertz CT molecular complexity index is 364. The van der Waals surface area contributed by atoms with Crippen molar-refractivity contribution in [3.05, 3.63) is 0 Å². The zero-order valence-electron chi connectivity index (χ0n) is 14.3. The molecule has 0 aromatic heterocycles. The molecule has 3 rings (SSSR count). The predicted molar refractivity (Wildman–Crippen MR) is 85.4 cm³/mol. The van der Waals surface area contributed by atoms with Crippen molar-refractivity contribution < 1.29 is 9.47 Å². The molecule has 21 heavy (non-hydrogen) atoms. The maximum atomic E-state index is 6.29. The first-order valence-electron chi connectivity index (χ1n) is 8.92. The third kappa shape index (κ3) is 2.66. The van der Waals surface area contributed by atoms with E-state index in [4.69, 9.17) is 9.47 Å². The van der Waals surface area contributed by atoms with Gasteiger partial charge in [0.15, 0.2) is 0 Å². The molecule has 2 aliphatic carbocycles. The third-order valence-electron chi connectivity index (χ3n) is 7.12. The number of fused-ring (bicyclic) bond motifs is 2. The summed E-state index contributed by atoms with van der Waals surface area (Å²) in [5, 5.41) is 3.58. The summed E-state index contributed by atoms with van der Waals surface area (Å²) in [7, 11) is 0. The van der Waals surface area contributed by atoms with Crippen LogP contribution in [-0.2, 0) is 9.47 Å². The Kier molecular flexibility index (Phi) is 4.37. The van der Waals surface area contributed by atoms with Crippen molar-refractivity contribution in [1.82, 2.24) is 5.32 Å². The van der Waals surface area contributed by atoms with Crippen LogP contribution in [-0.4, -0.2) is 38.0 Å². The Balaban J connectivity index is 1.40. The Hall–Kier alpha value is -0.120. The minimum atomic E-state index is 0.387. The molecule has 1 N–H and O–H groups in total. The van der Waals surface area contributed by atoms with Crippen LogP contribution in [0.2, 0.25) is 0 Å². The largest absolute Gasteiger partial charge is 0.377 e. The molecule has 3 aliphatic rings. The van der Waals surface area contributed by atoms with Crippen LogP contribution in [0.4, 0.5) is 0 Å². The van der Waals surface area contributed by atoms with Crippen molar-refractivity contribution in [3.8, 4) is 0 Å². The summed E-state index contributed by atoms with van der Waals surface area (Å²) < 4.78 is 12.0. The molecule has 0 aromatic carbocycles. The van der Waals surface area contributed by atoms with Gasteiger partial charge in [-0.3, -0.25) is 0 Å². The maximum absolute atomic E-state index is 6.29. The second kappa shape index (κ2) is 5.82. The molecule has 2 bridgehead atoms. The molecule has 3 fully saturated rings.